The molecule has 0 atom stereocenters. The molecule has 0 unspecified atom stereocenters. The van der Waals surface area contributed by atoms with E-state index < -0.39 is 0 Å². The van der Waals surface area contributed by atoms with Gasteiger partial charge in [-0.25, -0.2) is 15.0 Å². The van der Waals surface area contributed by atoms with E-state index in [0.29, 0.717) is 6.54 Å². The molecule has 4 rings (SSSR count). The summed E-state index contributed by atoms with van der Waals surface area (Å²) in [5.74, 6) is 0. The summed E-state index contributed by atoms with van der Waals surface area (Å²) in [4.78, 5) is 16.7. The zero-order valence-corrected chi connectivity index (χ0v) is 14.3. The van der Waals surface area contributed by atoms with Gasteiger partial charge in [-0.15, -0.1) is 17.9 Å². The quantitative estimate of drug-likeness (QED) is 0.332. The number of nitrogens with zero attached hydrogens (tertiary/aromatic N) is 4. The lowest BCUT2D eigenvalue weighted by molar-refractivity contribution is 0.841. The second-order valence-electron chi connectivity index (χ2n) is 4.76. The van der Waals surface area contributed by atoms with Crippen LogP contribution in [0.15, 0.2) is 53.4 Å². The fourth-order valence-corrected chi connectivity index (χ4v) is 4.56. The highest BCUT2D eigenvalue weighted by Gasteiger charge is 2.14. The predicted octanol–water partition coefficient (Wildman–Crippen LogP) is 4.44. The highest BCUT2D eigenvalue weighted by molar-refractivity contribution is 7.99. The summed E-state index contributed by atoms with van der Waals surface area (Å²) < 4.78 is 3.71. The highest BCUT2D eigenvalue weighted by Crippen LogP contribution is 2.34. The second kappa shape index (κ2) is 5.88. The molecule has 0 aliphatic rings. The number of hydrogen-bond acceptors (Lipinski definition) is 6. The van der Waals surface area contributed by atoms with Crippen LogP contribution in [0.4, 0.5) is 0 Å². The maximum atomic E-state index is 5.43. The number of thiazole rings is 1. The minimum atomic E-state index is 0.643. The second-order valence-corrected chi connectivity index (χ2v) is 7.38. The standard InChI is InChI=1S/C15H11N5S3/c1-2-7-20-12-11(22-15(20)21)13(17-8-16-12)23-14-18-9-5-3-4-6-10(9)19-14/h2-6,8H,1,7H2,(H,18,19). The SMILES string of the molecule is C=CCn1c(=S)sc2c(Sc3nc4ccccc4[nH]3)ncnc21. The summed E-state index contributed by atoms with van der Waals surface area (Å²) in [6.07, 6.45) is 3.38. The first-order valence-electron chi connectivity index (χ1n) is 6.84. The van der Waals surface area contributed by atoms with Gasteiger partial charge in [-0.1, -0.05) is 18.2 Å². The first-order chi connectivity index (χ1) is 11.3. The lowest BCUT2D eigenvalue weighted by Crippen LogP contribution is -1.96. The lowest BCUT2D eigenvalue weighted by atomic mass is 10.3. The third-order valence-corrected chi connectivity index (χ3v) is 5.75. The van der Waals surface area contributed by atoms with Crippen molar-refractivity contribution in [1.82, 2.24) is 24.5 Å². The number of H-pyrrole nitrogens is 1. The molecular formula is C15H11N5S3. The first-order valence-corrected chi connectivity index (χ1v) is 8.88. The molecule has 0 fully saturated rings. The van der Waals surface area contributed by atoms with Crippen LogP contribution >= 0.6 is 35.3 Å². The van der Waals surface area contributed by atoms with Gasteiger partial charge in [0.2, 0.25) is 0 Å². The zero-order chi connectivity index (χ0) is 15.8. The third-order valence-electron chi connectivity index (χ3n) is 3.29. The molecule has 0 radical (unpaired) electrons. The summed E-state index contributed by atoms with van der Waals surface area (Å²) in [7, 11) is 0. The summed E-state index contributed by atoms with van der Waals surface area (Å²) in [5, 5.41) is 1.66. The number of aromatic nitrogens is 5. The molecule has 0 saturated heterocycles. The van der Waals surface area contributed by atoms with Crippen LogP contribution in [0, 0.1) is 3.95 Å². The van der Waals surface area contributed by atoms with Crippen LogP contribution in [0.3, 0.4) is 0 Å². The zero-order valence-electron chi connectivity index (χ0n) is 11.9. The molecular weight excluding hydrogens is 346 g/mol. The molecule has 3 aromatic heterocycles. The van der Waals surface area contributed by atoms with E-state index in [9.17, 15) is 0 Å². The number of fused-ring (bicyclic) bond motifs is 2. The maximum absolute atomic E-state index is 5.43. The van der Waals surface area contributed by atoms with Gasteiger partial charge in [0.15, 0.2) is 14.8 Å². The van der Waals surface area contributed by atoms with E-state index in [1.807, 2.05) is 34.9 Å². The van der Waals surface area contributed by atoms with Crippen molar-refractivity contribution < 1.29 is 0 Å². The Kier molecular flexibility index (Phi) is 3.72. The Hall–Kier alpha value is -2.03. The first kappa shape index (κ1) is 14.6. The molecule has 0 saturated carbocycles. The summed E-state index contributed by atoms with van der Waals surface area (Å²) in [6, 6.07) is 7.95. The number of hydrogen-bond donors (Lipinski definition) is 1. The minimum absolute atomic E-state index is 0.643. The van der Waals surface area contributed by atoms with Gasteiger partial charge in [0.25, 0.3) is 0 Å². The lowest BCUT2D eigenvalue weighted by Gasteiger charge is -2.01. The molecule has 23 heavy (non-hydrogen) atoms. The molecule has 8 heteroatoms. The number of imidazole rings is 1. The van der Waals surface area contributed by atoms with Crippen molar-refractivity contribution in [2.75, 3.05) is 0 Å². The third kappa shape index (κ3) is 2.58. The van der Waals surface area contributed by atoms with E-state index in [2.05, 4.69) is 26.5 Å². The monoisotopic (exact) mass is 357 g/mol. The van der Waals surface area contributed by atoms with Crippen molar-refractivity contribution in [1.29, 1.82) is 0 Å². The van der Waals surface area contributed by atoms with Crippen LogP contribution in [0.2, 0.25) is 0 Å². The van der Waals surface area contributed by atoms with Crippen molar-refractivity contribution in [3.05, 3.63) is 47.2 Å². The number of nitrogens with one attached hydrogen (secondary N) is 1. The predicted molar refractivity (Wildman–Crippen MR) is 96.7 cm³/mol. The van der Waals surface area contributed by atoms with Crippen LogP contribution in [-0.2, 0) is 6.54 Å². The van der Waals surface area contributed by atoms with Gasteiger partial charge in [0.1, 0.15) is 16.1 Å². The molecule has 0 aliphatic carbocycles. The molecule has 1 N–H and O–H groups in total. The average Bonchev–Trinajstić information content (AvgIpc) is 3.10. The van der Waals surface area contributed by atoms with Gasteiger partial charge < -0.3 is 9.55 Å². The Morgan fingerprint density at radius 3 is 3.04 bits per heavy atom. The van der Waals surface area contributed by atoms with Gasteiger partial charge in [0, 0.05) is 6.54 Å². The van der Waals surface area contributed by atoms with Crippen molar-refractivity contribution in [2.45, 2.75) is 16.7 Å². The number of rotatable bonds is 4. The van der Waals surface area contributed by atoms with Crippen LogP contribution in [0.1, 0.15) is 0 Å². The smallest absolute Gasteiger partial charge is 0.172 e. The summed E-state index contributed by atoms with van der Waals surface area (Å²) in [5.41, 5.74) is 2.79. The Morgan fingerprint density at radius 1 is 1.35 bits per heavy atom. The van der Waals surface area contributed by atoms with E-state index >= 15 is 0 Å². The van der Waals surface area contributed by atoms with Crippen LogP contribution in [0.5, 0.6) is 0 Å². The Balaban J connectivity index is 1.81. The Morgan fingerprint density at radius 2 is 2.22 bits per heavy atom. The van der Waals surface area contributed by atoms with E-state index in [1.54, 1.807) is 6.33 Å². The number of para-hydroxylation sites is 2. The molecule has 4 aromatic rings. The Bertz CT molecular complexity index is 1040. The van der Waals surface area contributed by atoms with Gasteiger partial charge >= 0.3 is 0 Å². The van der Waals surface area contributed by atoms with Crippen molar-refractivity contribution in [3.63, 3.8) is 0 Å². The number of allylic oxidation sites excluding steroid dienone is 1. The average molecular weight is 357 g/mol. The molecule has 1 aromatic carbocycles. The maximum Gasteiger partial charge on any atom is 0.172 e. The van der Waals surface area contributed by atoms with Gasteiger partial charge in [-0.3, -0.25) is 0 Å². The summed E-state index contributed by atoms with van der Waals surface area (Å²) >= 11 is 8.43. The van der Waals surface area contributed by atoms with Crippen molar-refractivity contribution in [3.8, 4) is 0 Å². The molecule has 0 aliphatic heterocycles. The molecule has 0 amide bonds. The number of benzene rings is 1. The van der Waals surface area contributed by atoms with E-state index in [1.165, 1.54) is 23.1 Å². The highest BCUT2D eigenvalue weighted by atomic mass is 32.2. The van der Waals surface area contributed by atoms with E-state index in [0.717, 1.165) is 35.5 Å². The Labute approximate surface area is 145 Å². The molecule has 5 nitrogen and oxygen atoms in total. The summed E-state index contributed by atoms with van der Waals surface area (Å²) in [6.45, 7) is 4.42. The topological polar surface area (TPSA) is 59.4 Å². The van der Waals surface area contributed by atoms with E-state index in [-0.39, 0.29) is 0 Å². The molecule has 0 bridgehead atoms. The fraction of sp³-hybridized carbons (Fsp3) is 0.0667. The van der Waals surface area contributed by atoms with Gasteiger partial charge in [0.05, 0.1) is 11.0 Å². The van der Waals surface area contributed by atoms with E-state index in [4.69, 9.17) is 12.2 Å². The normalized spacial score (nSPS) is 11.3. The van der Waals surface area contributed by atoms with Crippen molar-refractivity contribution >= 4 is 56.7 Å². The number of aromatic amines is 1. The molecule has 3 heterocycles. The van der Waals surface area contributed by atoms with Gasteiger partial charge in [-0.05, 0) is 36.1 Å². The molecule has 0 spiro atoms. The minimum Gasteiger partial charge on any atom is -0.333 e. The fourth-order valence-electron chi connectivity index (χ4n) is 2.29. The van der Waals surface area contributed by atoms with Crippen molar-refractivity contribution in [2.24, 2.45) is 0 Å². The van der Waals surface area contributed by atoms with Crippen LogP contribution in [0.25, 0.3) is 21.4 Å². The van der Waals surface area contributed by atoms with Gasteiger partial charge in [-0.2, -0.15) is 0 Å². The van der Waals surface area contributed by atoms with Crippen LogP contribution < -0.4 is 0 Å². The largest absolute Gasteiger partial charge is 0.333 e. The van der Waals surface area contributed by atoms with Crippen LogP contribution in [-0.4, -0.2) is 24.5 Å². The molecule has 114 valence electrons.